The number of ether oxygens (including phenoxy) is 1. The molecule has 1 rings (SSSR count). The maximum absolute atomic E-state index is 11.7. The first kappa shape index (κ1) is 11.5. The molecule has 0 aromatic heterocycles. The summed E-state index contributed by atoms with van der Waals surface area (Å²) in [7, 11) is 0. The second-order valence-corrected chi connectivity index (χ2v) is 5.25. The van der Waals surface area contributed by atoms with Gasteiger partial charge in [0, 0.05) is 6.04 Å². The first-order valence-corrected chi connectivity index (χ1v) is 5.28. The van der Waals surface area contributed by atoms with Gasteiger partial charge >= 0.3 is 5.97 Å². The van der Waals surface area contributed by atoms with Crippen LogP contribution in [-0.2, 0) is 9.53 Å². The van der Waals surface area contributed by atoms with Gasteiger partial charge in [0.05, 0.1) is 0 Å². The van der Waals surface area contributed by atoms with E-state index in [9.17, 15) is 4.79 Å². The Bertz CT molecular complexity index is 210. The maximum atomic E-state index is 11.7. The van der Waals surface area contributed by atoms with Crippen molar-refractivity contribution in [2.45, 2.75) is 58.7 Å². The molecule has 0 spiro atoms. The Labute approximate surface area is 86.2 Å². The third kappa shape index (κ3) is 2.98. The molecule has 1 fully saturated rings. The summed E-state index contributed by atoms with van der Waals surface area (Å²) in [5, 5.41) is 3.25. The summed E-state index contributed by atoms with van der Waals surface area (Å²) in [6.07, 6.45) is 0.885. The molecule has 0 aromatic carbocycles. The van der Waals surface area contributed by atoms with Crippen LogP contribution in [0.5, 0.6) is 0 Å². The Morgan fingerprint density at radius 2 is 1.93 bits per heavy atom. The normalized spacial score (nSPS) is 33.1. The molecule has 0 amide bonds. The van der Waals surface area contributed by atoms with Crippen molar-refractivity contribution in [3.63, 3.8) is 0 Å². The van der Waals surface area contributed by atoms with Gasteiger partial charge in [-0.2, -0.15) is 0 Å². The van der Waals surface area contributed by atoms with Crippen LogP contribution in [0.25, 0.3) is 0 Å². The number of hydrogen-bond donors (Lipinski definition) is 1. The van der Waals surface area contributed by atoms with E-state index in [1.54, 1.807) is 0 Å². The summed E-state index contributed by atoms with van der Waals surface area (Å²) in [6, 6.07) is 0.298. The quantitative estimate of drug-likeness (QED) is 0.653. The minimum Gasteiger partial charge on any atom is -0.459 e. The zero-order chi connectivity index (χ0) is 10.9. The van der Waals surface area contributed by atoms with Crippen molar-refractivity contribution >= 4 is 5.97 Å². The SMILES string of the molecule is C[C@H]1CC(C(=O)OC(C)(C)C)N[C@@H]1C. The number of rotatable bonds is 1. The summed E-state index contributed by atoms with van der Waals surface area (Å²) in [5.74, 6) is 0.432. The molecular formula is C11H21NO2. The molecule has 1 N–H and O–H groups in total. The zero-order valence-corrected chi connectivity index (χ0v) is 9.76. The van der Waals surface area contributed by atoms with E-state index in [2.05, 4.69) is 19.2 Å². The van der Waals surface area contributed by atoms with Crippen LogP contribution in [-0.4, -0.2) is 23.7 Å². The van der Waals surface area contributed by atoms with Crippen LogP contribution >= 0.6 is 0 Å². The lowest BCUT2D eigenvalue weighted by atomic mass is 10.0. The molecule has 14 heavy (non-hydrogen) atoms. The molecule has 0 aliphatic carbocycles. The van der Waals surface area contributed by atoms with E-state index >= 15 is 0 Å². The number of nitrogens with one attached hydrogen (secondary N) is 1. The smallest absolute Gasteiger partial charge is 0.323 e. The van der Waals surface area contributed by atoms with Gasteiger partial charge < -0.3 is 10.1 Å². The van der Waals surface area contributed by atoms with Gasteiger partial charge in [-0.05, 0) is 40.0 Å². The Hall–Kier alpha value is -0.570. The highest BCUT2D eigenvalue weighted by atomic mass is 16.6. The number of carbonyl (C=O) groups is 1. The van der Waals surface area contributed by atoms with E-state index in [1.165, 1.54) is 0 Å². The Kier molecular flexibility index (Phi) is 3.20. The molecule has 3 nitrogen and oxygen atoms in total. The van der Waals surface area contributed by atoms with Crippen molar-refractivity contribution in [3.8, 4) is 0 Å². The summed E-state index contributed by atoms with van der Waals surface area (Å²) in [5.41, 5.74) is -0.381. The Balaban J connectivity index is 2.48. The lowest BCUT2D eigenvalue weighted by molar-refractivity contribution is -0.157. The van der Waals surface area contributed by atoms with Crippen LogP contribution in [0.3, 0.4) is 0 Å². The van der Waals surface area contributed by atoms with Gasteiger partial charge in [-0.1, -0.05) is 6.92 Å². The first-order valence-electron chi connectivity index (χ1n) is 5.28. The molecule has 82 valence electrons. The number of carbonyl (C=O) groups excluding carboxylic acids is 1. The maximum Gasteiger partial charge on any atom is 0.323 e. The average molecular weight is 199 g/mol. The highest BCUT2D eigenvalue weighted by molar-refractivity contribution is 5.76. The minimum absolute atomic E-state index is 0.112. The van der Waals surface area contributed by atoms with Gasteiger partial charge in [-0.3, -0.25) is 4.79 Å². The highest BCUT2D eigenvalue weighted by Crippen LogP contribution is 2.21. The Morgan fingerprint density at radius 1 is 1.36 bits per heavy atom. The third-order valence-corrected chi connectivity index (χ3v) is 2.62. The predicted molar refractivity (Wildman–Crippen MR) is 56.0 cm³/mol. The minimum atomic E-state index is -0.381. The van der Waals surface area contributed by atoms with Crippen molar-refractivity contribution in [1.29, 1.82) is 0 Å². The van der Waals surface area contributed by atoms with Gasteiger partial charge in [0.15, 0.2) is 0 Å². The van der Waals surface area contributed by atoms with E-state index in [0.29, 0.717) is 12.0 Å². The number of esters is 1. The molecule has 1 saturated heterocycles. The molecule has 0 bridgehead atoms. The summed E-state index contributed by atoms with van der Waals surface area (Å²) >= 11 is 0. The number of hydrogen-bond acceptors (Lipinski definition) is 3. The van der Waals surface area contributed by atoms with Gasteiger partial charge in [0.1, 0.15) is 11.6 Å². The fourth-order valence-corrected chi connectivity index (χ4v) is 1.66. The van der Waals surface area contributed by atoms with Gasteiger partial charge in [-0.15, -0.1) is 0 Å². The second-order valence-electron chi connectivity index (χ2n) is 5.25. The van der Waals surface area contributed by atoms with Crippen LogP contribution in [0.15, 0.2) is 0 Å². The lowest BCUT2D eigenvalue weighted by Gasteiger charge is -2.22. The molecule has 0 radical (unpaired) electrons. The van der Waals surface area contributed by atoms with Gasteiger partial charge in [0.2, 0.25) is 0 Å². The van der Waals surface area contributed by atoms with Crippen molar-refractivity contribution in [3.05, 3.63) is 0 Å². The summed E-state index contributed by atoms with van der Waals surface area (Å²) in [6.45, 7) is 9.95. The predicted octanol–water partition coefficient (Wildman–Crippen LogP) is 1.71. The second kappa shape index (κ2) is 3.89. The fourth-order valence-electron chi connectivity index (χ4n) is 1.66. The molecule has 0 saturated carbocycles. The molecule has 0 aromatic rings. The van der Waals surface area contributed by atoms with E-state index in [1.807, 2.05) is 20.8 Å². The average Bonchev–Trinajstić information content (AvgIpc) is 2.28. The van der Waals surface area contributed by atoms with E-state index in [-0.39, 0.29) is 17.6 Å². The van der Waals surface area contributed by atoms with Crippen LogP contribution in [0.4, 0.5) is 0 Å². The Morgan fingerprint density at radius 3 is 2.29 bits per heavy atom. The van der Waals surface area contributed by atoms with Gasteiger partial charge in [-0.25, -0.2) is 0 Å². The summed E-state index contributed by atoms with van der Waals surface area (Å²) in [4.78, 5) is 11.7. The standard InChI is InChI=1S/C11H21NO2/c1-7-6-9(12-8(7)2)10(13)14-11(3,4)5/h7-9,12H,6H2,1-5H3/t7-,8+,9?/m0/s1. The fraction of sp³-hybridized carbons (Fsp3) is 0.909. The molecule has 3 heteroatoms. The molecule has 1 aliphatic heterocycles. The van der Waals surface area contributed by atoms with Crippen molar-refractivity contribution in [2.24, 2.45) is 5.92 Å². The lowest BCUT2D eigenvalue weighted by Crippen LogP contribution is -2.39. The van der Waals surface area contributed by atoms with Crippen LogP contribution in [0, 0.1) is 5.92 Å². The van der Waals surface area contributed by atoms with Gasteiger partial charge in [0.25, 0.3) is 0 Å². The first-order chi connectivity index (χ1) is 6.29. The zero-order valence-electron chi connectivity index (χ0n) is 9.76. The molecular weight excluding hydrogens is 178 g/mol. The van der Waals surface area contributed by atoms with Crippen LogP contribution in [0.2, 0.25) is 0 Å². The largest absolute Gasteiger partial charge is 0.459 e. The van der Waals surface area contributed by atoms with Crippen molar-refractivity contribution in [2.75, 3.05) is 0 Å². The third-order valence-electron chi connectivity index (χ3n) is 2.62. The van der Waals surface area contributed by atoms with Crippen molar-refractivity contribution in [1.82, 2.24) is 5.32 Å². The van der Waals surface area contributed by atoms with Crippen LogP contribution < -0.4 is 5.32 Å². The molecule has 1 unspecified atom stereocenters. The molecule has 3 atom stereocenters. The monoisotopic (exact) mass is 199 g/mol. The van der Waals surface area contributed by atoms with E-state index in [4.69, 9.17) is 4.74 Å². The van der Waals surface area contributed by atoms with E-state index < -0.39 is 0 Å². The summed E-state index contributed by atoms with van der Waals surface area (Å²) < 4.78 is 5.32. The van der Waals surface area contributed by atoms with Crippen molar-refractivity contribution < 1.29 is 9.53 Å². The molecule has 1 aliphatic rings. The highest BCUT2D eigenvalue weighted by Gasteiger charge is 2.34. The van der Waals surface area contributed by atoms with Crippen LogP contribution in [0.1, 0.15) is 41.0 Å². The molecule has 1 heterocycles. The van der Waals surface area contributed by atoms with E-state index in [0.717, 1.165) is 6.42 Å². The topological polar surface area (TPSA) is 38.3 Å².